The molecule has 3 rings (SSSR count). The second-order valence-corrected chi connectivity index (χ2v) is 9.99. The molecule has 0 radical (unpaired) electrons. The highest BCUT2D eigenvalue weighted by molar-refractivity contribution is 7.89. The van der Waals surface area contributed by atoms with Crippen LogP contribution in [0.25, 0.3) is 11.1 Å². The number of fused-ring (bicyclic) bond motifs is 1. The maximum atomic E-state index is 12.9. The molecule has 0 amide bonds. The van der Waals surface area contributed by atoms with Crippen LogP contribution in [0.2, 0.25) is 0 Å². The van der Waals surface area contributed by atoms with E-state index < -0.39 is 15.6 Å². The average molecular weight is 364 g/mol. The van der Waals surface area contributed by atoms with Gasteiger partial charge in [-0.2, -0.15) is 11.3 Å². The quantitative estimate of drug-likeness (QED) is 0.861. The first-order chi connectivity index (χ1) is 11.2. The fourth-order valence-electron chi connectivity index (χ4n) is 3.43. The minimum absolute atomic E-state index is 0.462. The molecule has 1 N–H and O–H groups in total. The summed E-state index contributed by atoms with van der Waals surface area (Å²) in [4.78, 5) is 0.462. The van der Waals surface area contributed by atoms with Crippen molar-refractivity contribution in [3.05, 3.63) is 39.6 Å². The SMILES string of the molecule is Cc1cscc1-c1ccc(S(=O)(=O)NC(C)(C)C)c2c1CCCC2. The molecule has 0 atom stereocenters. The van der Waals surface area contributed by atoms with Gasteiger partial charge in [0.1, 0.15) is 0 Å². The molecule has 1 heterocycles. The predicted octanol–water partition coefficient (Wildman–Crippen LogP) is 4.68. The van der Waals surface area contributed by atoms with Crippen LogP contribution in [0.3, 0.4) is 0 Å². The molecular formula is C19H25NO2S2. The number of rotatable bonds is 3. The first kappa shape index (κ1) is 17.6. The predicted molar refractivity (Wildman–Crippen MR) is 101 cm³/mol. The largest absolute Gasteiger partial charge is 0.241 e. The molecule has 0 saturated carbocycles. The summed E-state index contributed by atoms with van der Waals surface area (Å²) in [7, 11) is -3.50. The van der Waals surface area contributed by atoms with Crippen molar-refractivity contribution in [1.82, 2.24) is 4.72 Å². The van der Waals surface area contributed by atoms with Crippen molar-refractivity contribution in [2.75, 3.05) is 0 Å². The Hall–Kier alpha value is -1.17. The van der Waals surface area contributed by atoms with E-state index in [0.717, 1.165) is 31.2 Å². The molecule has 1 aliphatic rings. The second kappa shape index (κ2) is 6.28. The van der Waals surface area contributed by atoms with Crippen molar-refractivity contribution >= 4 is 21.4 Å². The lowest BCUT2D eigenvalue weighted by atomic mass is 9.86. The van der Waals surface area contributed by atoms with E-state index in [-0.39, 0.29) is 0 Å². The van der Waals surface area contributed by atoms with Gasteiger partial charge in [-0.25, -0.2) is 13.1 Å². The first-order valence-corrected chi connectivity index (χ1v) is 10.8. The van der Waals surface area contributed by atoms with E-state index in [4.69, 9.17) is 0 Å². The van der Waals surface area contributed by atoms with Gasteiger partial charge in [0.25, 0.3) is 0 Å². The van der Waals surface area contributed by atoms with Crippen LogP contribution in [-0.2, 0) is 22.9 Å². The Morgan fingerprint density at radius 3 is 2.25 bits per heavy atom. The Bertz CT molecular complexity index is 858. The highest BCUT2D eigenvalue weighted by Crippen LogP contribution is 2.37. The van der Waals surface area contributed by atoms with Gasteiger partial charge >= 0.3 is 0 Å². The van der Waals surface area contributed by atoms with E-state index in [1.165, 1.54) is 22.3 Å². The fourth-order valence-corrected chi connectivity index (χ4v) is 5.99. The summed E-state index contributed by atoms with van der Waals surface area (Å²) < 4.78 is 28.6. The maximum Gasteiger partial charge on any atom is 0.241 e. The maximum absolute atomic E-state index is 12.9. The third-order valence-electron chi connectivity index (χ3n) is 4.37. The summed E-state index contributed by atoms with van der Waals surface area (Å²) in [5, 5.41) is 4.32. The lowest BCUT2D eigenvalue weighted by Crippen LogP contribution is -2.41. The average Bonchev–Trinajstić information content (AvgIpc) is 2.89. The Kier molecular flexibility index (Phi) is 4.62. The number of benzene rings is 1. The van der Waals surface area contributed by atoms with Crippen molar-refractivity contribution in [2.45, 2.75) is 63.8 Å². The summed E-state index contributed by atoms with van der Waals surface area (Å²) in [6.07, 6.45) is 3.97. The third kappa shape index (κ3) is 3.44. The molecule has 1 aliphatic carbocycles. The highest BCUT2D eigenvalue weighted by atomic mass is 32.2. The number of nitrogens with one attached hydrogen (secondary N) is 1. The van der Waals surface area contributed by atoms with Crippen LogP contribution in [0.5, 0.6) is 0 Å². The van der Waals surface area contributed by atoms with Crippen molar-refractivity contribution in [3.8, 4) is 11.1 Å². The summed E-state index contributed by atoms with van der Waals surface area (Å²) in [6, 6.07) is 3.79. The molecule has 0 saturated heterocycles. The molecule has 24 heavy (non-hydrogen) atoms. The molecule has 0 aliphatic heterocycles. The normalized spacial score (nSPS) is 15.3. The topological polar surface area (TPSA) is 46.2 Å². The third-order valence-corrected chi connectivity index (χ3v) is 7.07. The van der Waals surface area contributed by atoms with E-state index in [2.05, 4.69) is 22.4 Å². The van der Waals surface area contributed by atoms with E-state index in [1.807, 2.05) is 26.8 Å². The van der Waals surface area contributed by atoms with Gasteiger partial charge in [-0.15, -0.1) is 0 Å². The molecule has 0 bridgehead atoms. The molecule has 2 aromatic rings. The van der Waals surface area contributed by atoms with E-state index in [9.17, 15) is 8.42 Å². The summed E-state index contributed by atoms with van der Waals surface area (Å²) in [5.74, 6) is 0. The van der Waals surface area contributed by atoms with Crippen molar-refractivity contribution < 1.29 is 8.42 Å². The highest BCUT2D eigenvalue weighted by Gasteiger charge is 2.28. The minimum Gasteiger partial charge on any atom is -0.207 e. The molecule has 1 aromatic heterocycles. The van der Waals surface area contributed by atoms with E-state index in [1.54, 1.807) is 17.4 Å². The zero-order valence-electron chi connectivity index (χ0n) is 14.8. The number of thiophene rings is 1. The van der Waals surface area contributed by atoms with E-state index in [0.29, 0.717) is 4.90 Å². The minimum atomic E-state index is -3.50. The summed E-state index contributed by atoms with van der Waals surface area (Å²) in [6.45, 7) is 7.74. The number of hydrogen-bond donors (Lipinski definition) is 1. The van der Waals surface area contributed by atoms with Crippen molar-refractivity contribution in [3.63, 3.8) is 0 Å². The molecule has 130 valence electrons. The molecular weight excluding hydrogens is 338 g/mol. The van der Waals surface area contributed by atoms with E-state index >= 15 is 0 Å². The number of sulfonamides is 1. The van der Waals surface area contributed by atoms with Crippen LogP contribution in [-0.4, -0.2) is 14.0 Å². The van der Waals surface area contributed by atoms with Gasteiger partial charge in [0, 0.05) is 5.54 Å². The molecule has 0 unspecified atom stereocenters. The Morgan fingerprint density at radius 1 is 1.00 bits per heavy atom. The molecule has 0 fully saturated rings. The Morgan fingerprint density at radius 2 is 1.67 bits per heavy atom. The van der Waals surface area contributed by atoms with Gasteiger partial charge < -0.3 is 0 Å². The van der Waals surface area contributed by atoms with Gasteiger partial charge in [-0.3, -0.25) is 0 Å². The van der Waals surface area contributed by atoms with Gasteiger partial charge in [0.05, 0.1) is 4.90 Å². The fraction of sp³-hybridized carbons (Fsp3) is 0.474. The Labute approximate surface area is 149 Å². The van der Waals surface area contributed by atoms with Gasteiger partial charge in [-0.05, 0) is 98.0 Å². The van der Waals surface area contributed by atoms with Crippen LogP contribution < -0.4 is 4.72 Å². The van der Waals surface area contributed by atoms with Gasteiger partial charge in [0.15, 0.2) is 0 Å². The second-order valence-electron chi connectivity index (χ2n) is 7.60. The van der Waals surface area contributed by atoms with Crippen molar-refractivity contribution in [1.29, 1.82) is 0 Å². The molecule has 5 heteroatoms. The number of hydrogen-bond acceptors (Lipinski definition) is 3. The lowest BCUT2D eigenvalue weighted by Gasteiger charge is -2.26. The smallest absolute Gasteiger partial charge is 0.207 e. The summed E-state index contributed by atoms with van der Waals surface area (Å²) >= 11 is 1.70. The first-order valence-electron chi connectivity index (χ1n) is 8.41. The van der Waals surface area contributed by atoms with Crippen molar-refractivity contribution in [2.24, 2.45) is 0 Å². The van der Waals surface area contributed by atoms with Crippen LogP contribution >= 0.6 is 11.3 Å². The van der Waals surface area contributed by atoms with Gasteiger partial charge in [0.2, 0.25) is 10.0 Å². The molecule has 0 spiro atoms. The van der Waals surface area contributed by atoms with Crippen LogP contribution in [0.4, 0.5) is 0 Å². The number of aryl methyl sites for hydroxylation is 1. The van der Waals surface area contributed by atoms with Crippen LogP contribution in [0, 0.1) is 6.92 Å². The standard InChI is InChI=1S/C19H25NO2S2/c1-13-11-23-12-17(13)15-9-10-18(16-8-6-5-7-14(15)16)24(21,22)20-19(2,3)4/h9-12,20H,5-8H2,1-4H3. The van der Waals surface area contributed by atoms with Gasteiger partial charge in [-0.1, -0.05) is 6.07 Å². The Balaban J connectivity index is 2.16. The zero-order chi connectivity index (χ0) is 17.5. The van der Waals surface area contributed by atoms with Crippen LogP contribution in [0.1, 0.15) is 50.3 Å². The van der Waals surface area contributed by atoms with Crippen LogP contribution in [0.15, 0.2) is 27.8 Å². The zero-order valence-corrected chi connectivity index (χ0v) is 16.4. The monoisotopic (exact) mass is 363 g/mol. The lowest BCUT2D eigenvalue weighted by molar-refractivity contribution is 0.490. The molecule has 3 nitrogen and oxygen atoms in total. The molecule has 1 aromatic carbocycles. The summed E-state index contributed by atoms with van der Waals surface area (Å²) in [5.41, 5.74) is 5.46.